The minimum absolute atomic E-state index is 0.0815. The molecule has 1 rings (SSSR count). The van der Waals surface area contributed by atoms with Gasteiger partial charge in [0, 0.05) is 10.9 Å². The third kappa shape index (κ3) is 4.54. The Morgan fingerprint density at radius 3 is 2.75 bits per heavy atom. The summed E-state index contributed by atoms with van der Waals surface area (Å²) < 4.78 is 13.7. The van der Waals surface area contributed by atoms with Crippen molar-refractivity contribution in [2.24, 2.45) is 5.73 Å². The Labute approximate surface area is 102 Å². The second kappa shape index (κ2) is 6.92. The molecule has 0 aromatic heterocycles. The van der Waals surface area contributed by atoms with Crippen LogP contribution in [0.5, 0.6) is 0 Å². The summed E-state index contributed by atoms with van der Waals surface area (Å²) in [7, 11) is 0. The van der Waals surface area contributed by atoms with Crippen molar-refractivity contribution in [1.82, 2.24) is 0 Å². The molecule has 3 heteroatoms. The van der Waals surface area contributed by atoms with Crippen molar-refractivity contribution in [3.05, 3.63) is 29.6 Å². The summed E-state index contributed by atoms with van der Waals surface area (Å²) in [4.78, 5) is 0.752. The first-order chi connectivity index (χ1) is 7.63. The van der Waals surface area contributed by atoms with Crippen LogP contribution in [0.4, 0.5) is 4.39 Å². The minimum atomic E-state index is -0.112. The number of rotatable bonds is 6. The Morgan fingerprint density at radius 2 is 2.19 bits per heavy atom. The fraction of sp³-hybridized carbons (Fsp3) is 0.538. The zero-order chi connectivity index (χ0) is 12.0. The number of unbranched alkanes of at least 4 members (excludes halogenated alkanes) is 1. The Hall–Kier alpha value is -0.540. The van der Waals surface area contributed by atoms with Gasteiger partial charge in [0.05, 0.1) is 0 Å². The highest BCUT2D eigenvalue weighted by atomic mass is 32.2. The standard InChI is InChI=1S/C13H20FNS/c1-3-4-7-16-13-6-5-11(8-10(2)15)9-12(13)14/h5-6,9-10H,3-4,7-8,15H2,1-2H3. The maximum absolute atomic E-state index is 13.7. The quantitative estimate of drug-likeness (QED) is 0.608. The van der Waals surface area contributed by atoms with Gasteiger partial charge in [-0.3, -0.25) is 0 Å². The summed E-state index contributed by atoms with van der Waals surface area (Å²) in [6.45, 7) is 4.07. The van der Waals surface area contributed by atoms with Crippen LogP contribution in [0, 0.1) is 5.82 Å². The van der Waals surface area contributed by atoms with Crippen LogP contribution in [-0.2, 0) is 6.42 Å². The van der Waals surface area contributed by atoms with E-state index in [1.165, 1.54) is 0 Å². The molecule has 0 radical (unpaired) electrons. The van der Waals surface area contributed by atoms with E-state index in [0.29, 0.717) is 0 Å². The van der Waals surface area contributed by atoms with Gasteiger partial charge in [0.2, 0.25) is 0 Å². The average molecular weight is 241 g/mol. The second-order valence-electron chi connectivity index (χ2n) is 4.15. The van der Waals surface area contributed by atoms with Gasteiger partial charge in [0.25, 0.3) is 0 Å². The zero-order valence-corrected chi connectivity index (χ0v) is 10.8. The van der Waals surface area contributed by atoms with Crippen molar-refractivity contribution in [3.8, 4) is 0 Å². The molecule has 1 aromatic carbocycles. The monoisotopic (exact) mass is 241 g/mol. The fourth-order valence-corrected chi connectivity index (χ4v) is 2.50. The van der Waals surface area contributed by atoms with Gasteiger partial charge in [-0.2, -0.15) is 0 Å². The number of hydrogen-bond donors (Lipinski definition) is 1. The molecule has 0 bridgehead atoms. The van der Waals surface area contributed by atoms with Crippen LogP contribution >= 0.6 is 11.8 Å². The van der Waals surface area contributed by atoms with Crippen molar-refractivity contribution in [1.29, 1.82) is 0 Å². The first-order valence-corrected chi connectivity index (χ1v) is 6.79. The highest BCUT2D eigenvalue weighted by Gasteiger charge is 2.05. The summed E-state index contributed by atoms with van der Waals surface area (Å²) in [6.07, 6.45) is 3.01. The van der Waals surface area contributed by atoms with Crippen LogP contribution in [0.2, 0.25) is 0 Å². The minimum Gasteiger partial charge on any atom is -0.328 e. The molecule has 0 heterocycles. The summed E-state index contributed by atoms with van der Waals surface area (Å²) in [5, 5.41) is 0. The number of nitrogens with two attached hydrogens (primary N) is 1. The lowest BCUT2D eigenvalue weighted by Crippen LogP contribution is -2.17. The lowest BCUT2D eigenvalue weighted by Gasteiger charge is -2.07. The van der Waals surface area contributed by atoms with E-state index in [4.69, 9.17) is 5.73 Å². The molecule has 16 heavy (non-hydrogen) atoms. The highest BCUT2D eigenvalue weighted by Crippen LogP contribution is 2.24. The van der Waals surface area contributed by atoms with Crippen LogP contribution in [0.1, 0.15) is 32.3 Å². The lowest BCUT2D eigenvalue weighted by molar-refractivity contribution is 0.597. The van der Waals surface area contributed by atoms with E-state index in [9.17, 15) is 4.39 Å². The summed E-state index contributed by atoms with van der Waals surface area (Å²) in [5.74, 6) is 0.874. The average Bonchev–Trinajstić information content (AvgIpc) is 2.20. The van der Waals surface area contributed by atoms with Crippen LogP contribution in [0.3, 0.4) is 0 Å². The van der Waals surface area contributed by atoms with Crippen molar-refractivity contribution >= 4 is 11.8 Å². The van der Waals surface area contributed by atoms with Gasteiger partial charge in [-0.1, -0.05) is 19.4 Å². The number of benzene rings is 1. The van der Waals surface area contributed by atoms with Gasteiger partial charge in [-0.15, -0.1) is 11.8 Å². The molecule has 0 saturated carbocycles. The van der Waals surface area contributed by atoms with E-state index >= 15 is 0 Å². The van der Waals surface area contributed by atoms with Gasteiger partial charge in [0.15, 0.2) is 0 Å². The number of thioether (sulfide) groups is 1. The first-order valence-electron chi connectivity index (χ1n) is 5.80. The third-order valence-electron chi connectivity index (χ3n) is 2.31. The van der Waals surface area contributed by atoms with E-state index in [2.05, 4.69) is 6.92 Å². The van der Waals surface area contributed by atoms with Gasteiger partial charge >= 0.3 is 0 Å². The number of halogens is 1. The molecule has 1 atom stereocenters. The smallest absolute Gasteiger partial charge is 0.137 e. The summed E-state index contributed by atoms with van der Waals surface area (Å²) in [6, 6.07) is 5.53. The molecule has 90 valence electrons. The van der Waals surface area contributed by atoms with E-state index in [0.717, 1.165) is 35.5 Å². The molecule has 0 amide bonds. The molecule has 0 aliphatic rings. The SMILES string of the molecule is CCCCSc1ccc(CC(C)N)cc1F. The van der Waals surface area contributed by atoms with Gasteiger partial charge in [-0.25, -0.2) is 4.39 Å². The van der Waals surface area contributed by atoms with E-state index in [1.807, 2.05) is 19.1 Å². The van der Waals surface area contributed by atoms with Gasteiger partial charge in [-0.05, 0) is 43.2 Å². The molecule has 0 aliphatic heterocycles. The fourth-order valence-electron chi connectivity index (χ4n) is 1.49. The summed E-state index contributed by atoms with van der Waals surface area (Å²) in [5.41, 5.74) is 6.66. The largest absolute Gasteiger partial charge is 0.328 e. The molecule has 2 N–H and O–H groups in total. The third-order valence-corrected chi connectivity index (χ3v) is 3.44. The van der Waals surface area contributed by atoms with Crippen LogP contribution in [0.25, 0.3) is 0 Å². The molecule has 1 unspecified atom stereocenters. The van der Waals surface area contributed by atoms with Gasteiger partial charge < -0.3 is 5.73 Å². The van der Waals surface area contributed by atoms with Gasteiger partial charge in [0.1, 0.15) is 5.82 Å². The van der Waals surface area contributed by atoms with E-state index < -0.39 is 0 Å². The topological polar surface area (TPSA) is 26.0 Å². The molecule has 1 aromatic rings. The van der Waals surface area contributed by atoms with E-state index in [1.54, 1.807) is 17.8 Å². The predicted octanol–water partition coefficient (Wildman–Crippen LogP) is 3.61. The first kappa shape index (κ1) is 13.5. The summed E-state index contributed by atoms with van der Waals surface area (Å²) >= 11 is 1.59. The number of hydrogen-bond acceptors (Lipinski definition) is 2. The Kier molecular flexibility index (Phi) is 5.85. The molecular weight excluding hydrogens is 221 g/mol. The zero-order valence-electron chi connectivity index (χ0n) is 10.0. The molecular formula is C13H20FNS. The van der Waals surface area contributed by atoms with Crippen molar-refractivity contribution in [3.63, 3.8) is 0 Å². The van der Waals surface area contributed by atoms with Crippen LogP contribution in [0.15, 0.2) is 23.1 Å². The molecule has 0 saturated heterocycles. The lowest BCUT2D eigenvalue weighted by atomic mass is 10.1. The molecule has 0 aliphatic carbocycles. The molecule has 1 nitrogen and oxygen atoms in total. The Bertz CT molecular complexity index is 326. The Balaban J connectivity index is 2.60. The Morgan fingerprint density at radius 1 is 1.44 bits per heavy atom. The van der Waals surface area contributed by atoms with E-state index in [-0.39, 0.29) is 11.9 Å². The maximum atomic E-state index is 13.7. The van der Waals surface area contributed by atoms with Crippen molar-refractivity contribution in [2.45, 2.75) is 44.0 Å². The second-order valence-corrected chi connectivity index (χ2v) is 5.28. The van der Waals surface area contributed by atoms with Crippen LogP contribution < -0.4 is 5.73 Å². The molecule has 0 spiro atoms. The maximum Gasteiger partial charge on any atom is 0.137 e. The predicted molar refractivity (Wildman–Crippen MR) is 69.4 cm³/mol. The molecule has 0 fully saturated rings. The normalized spacial score (nSPS) is 12.8. The van der Waals surface area contributed by atoms with Crippen LogP contribution in [-0.4, -0.2) is 11.8 Å². The highest BCUT2D eigenvalue weighted by molar-refractivity contribution is 7.99. The van der Waals surface area contributed by atoms with Crippen molar-refractivity contribution < 1.29 is 4.39 Å². The van der Waals surface area contributed by atoms with Crippen molar-refractivity contribution in [2.75, 3.05) is 5.75 Å².